The summed E-state index contributed by atoms with van der Waals surface area (Å²) < 4.78 is 23.3. The summed E-state index contributed by atoms with van der Waals surface area (Å²) in [6, 6.07) is 8.69. The van der Waals surface area contributed by atoms with Gasteiger partial charge in [0.25, 0.3) is 0 Å². The van der Waals surface area contributed by atoms with Crippen LogP contribution in [-0.4, -0.2) is 66.0 Å². The molecule has 1 fully saturated rings. The van der Waals surface area contributed by atoms with Crippen molar-refractivity contribution in [2.45, 2.75) is 31.9 Å². The van der Waals surface area contributed by atoms with Crippen molar-refractivity contribution in [3.63, 3.8) is 0 Å². The molecule has 1 saturated heterocycles. The molecular formula is C27H29NO10. The molecule has 0 saturated carbocycles. The Hall–Kier alpha value is -4.51. The van der Waals surface area contributed by atoms with Crippen molar-refractivity contribution in [1.29, 1.82) is 0 Å². The predicted octanol–water partition coefficient (Wildman–Crippen LogP) is 3.73. The third-order valence-electron chi connectivity index (χ3n) is 5.93. The zero-order valence-corrected chi connectivity index (χ0v) is 21.1. The Bertz CT molecular complexity index is 1330. The minimum atomic E-state index is -1.82. The monoisotopic (exact) mass is 527 g/mol. The molecule has 1 aliphatic heterocycles. The van der Waals surface area contributed by atoms with Gasteiger partial charge in [0.2, 0.25) is 5.75 Å². The number of aromatic hydroxyl groups is 1. The molecule has 0 aliphatic carbocycles. The number of nitrogens with one attached hydrogen (secondary N) is 1. The molecule has 1 aliphatic rings. The highest BCUT2D eigenvalue weighted by atomic mass is 16.5. The minimum Gasteiger partial charge on any atom is -0.507 e. The minimum absolute atomic E-state index is 0.0868. The Morgan fingerprint density at radius 2 is 1.74 bits per heavy atom. The van der Waals surface area contributed by atoms with E-state index in [0.29, 0.717) is 28.0 Å². The molecular weight excluding hydrogens is 498 g/mol. The summed E-state index contributed by atoms with van der Waals surface area (Å²) >= 11 is 0. The number of ketones is 1. The molecule has 3 aromatic rings. The maximum absolute atomic E-state index is 13.4. The smallest absolute Gasteiger partial charge is 0.414 e. The van der Waals surface area contributed by atoms with E-state index in [1.165, 1.54) is 26.6 Å². The first-order valence-electron chi connectivity index (χ1n) is 11.7. The van der Waals surface area contributed by atoms with Crippen molar-refractivity contribution in [1.82, 2.24) is 5.32 Å². The fraction of sp³-hybridized carbons (Fsp3) is 0.296. The van der Waals surface area contributed by atoms with Gasteiger partial charge in [0.1, 0.15) is 23.2 Å². The molecule has 1 aromatic heterocycles. The number of benzene rings is 2. The summed E-state index contributed by atoms with van der Waals surface area (Å²) in [5, 5.41) is 28.9. The number of carboxylic acid groups (broad SMARTS) is 2. The van der Waals surface area contributed by atoms with Crippen molar-refractivity contribution in [3.05, 3.63) is 53.8 Å². The first kappa shape index (κ1) is 28.1. The number of fused-ring (bicyclic) bond motifs is 1. The lowest BCUT2D eigenvalue weighted by Gasteiger charge is -2.24. The predicted molar refractivity (Wildman–Crippen MR) is 137 cm³/mol. The molecule has 11 nitrogen and oxygen atoms in total. The summed E-state index contributed by atoms with van der Waals surface area (Å²) in [6.45, 7) is 2.90. The van der Waals surface area contributed by atoms with Crippen LogP contribution in [0.2, 0.25) is 0 Å². The molecule has 2 unspecified atom stereocenters. The van der Waals surface area contributed by atoms with Gasteiger partial charge in [-0.15, -0.1) is 0 Å². The van der Waals surface area contributed by atoms with Crippen LogP contribution in [0.5, 0.6) is 23.0 Å². The van der Waals surface area contributed by atoms with Crippen molar-refractivity contribution in [3.8, 4) is 23.0 Å². The van der Waals surface area contributed by atoms with Crippen LogP contribution in [-0.2, 0) is 9.59 Å². The lowest BCUT2D eigenvalue weighted by Crippen LogP contribution is -2.37. The van der Waals surface area contributed by atoms with E-state index in [9.17, 15) is 9.90 Å². The number of carbonyl (C=O) groups is 3. The van der Waals surface area contributed by atoms with Gasteiger partial charge in [-0.25, -0.2) is 9.59 Å². The van der Waals surface area contributed by atoms with Gasteiger partial charge < -0.3 is 39.3 Å². The number of phenolic OH excluding ortho intramolecular Hbond substituents is 1. The van der Waals surface area contributed by atoms with Crippen LogP contribution in [0.15, 0.2) is 47.1 Å². The molecule has 202 valence electrons. The Morgan fingerprint density at radius 3 is 2.32 bits per heavy atom. The second-order valence-corrected chi connectivity index (χ2v) is 8.33. The molecule has 4 rings (SSSR count). The highest BCUT2D eigenvalue weighted by molar-refractivity contribution is 6.27. The van der Waals surface area contributed by atoms with Crippen molar-refractivity contribution >= 4 is 34.8 Å². The summed E-state index contributed by atoms with van der Waals surface area (Å²) in [6.07, 6.45) is 6.33. The number of ether oxygens (including phenoxy) is 3. The van der Waals surface area contributed by atoms with Crippen LogP contribution >= 0.6 is 0 Å². The standard InChI is InChI=1S/C25H27NO6.C2H2O4/c1-15(18-8-6-13-26-18)32-24-21(20(28)11-10-16-7-4-5-9-19(16)27)22(29-2)17-12-14-31-23(17)25(24)30-3;3-1(4)2(5)6/h4-5,7,9-12,14-15,18,26-27H,6,8,13H2,1-3H3;(H,3,4)(H,5,6)/b11-10+;. The van der Waals surface area contributed by atoms with Crippen molar-refractivity contribution in [2.75, 3.05) is 20.8 Å². The number of para-hydroxylation sites is 1. The summed E-state index contributed by atoms with van der Waals surface area (Å²) in [7, 11) is 3.02. The molecule has 2 heterocycles. The van der Waals surface area contributed by atoms with Crippen molar-refractivity contribution < 1.29 is 48.3 Å². The molecule has 11 heteroatoms. The van der Waals surface area contributed by atoms with Gasteiger partial charge >= 0.3 is 11.9 Å². The van der Waals surface area contributed by atoms with Gasteiger partial charge in [-0.2, -0.15) is 0 Å². The van der Waals surface area contributed by atoms with E-state index < -0.39 is 11.9 Å². The second kappa shape index (κ2) is 12.6. The molecule has 0 amide bonds. The lowest BCUT2D eigenvalue weighted by atomic mass is 10.0. The first-order chi connectivity index (χ1) is 18.2. The third kappa shape index (κ3) is 6.24. The molecule has 38 heavy (non-hydrogen) atoms. The zero-order chi connectivity index (χ0) is 27.8. The number of hydrogen-bond acceptors (Lipinski definition) is 9. The number of hydrogen-bond donors (Lipinski definition) is 4. The summed E-state index contributed by atoms with van der Waals surface area (Å²) in [5.74, 6) is -2.93. The molecule has 4 N–H and O–H groups in total. The Kier molecular flexibility index (Phi) is 9.33. The maximum Gasteiger partial charge on any atom is 0.414 e. The number of aliphatic carboxylic acids is 2. The van der Waals surface area contributed by atoms with Gasteiger partial charge in [-0.3, -0.25) is 4.79 Å². The average molecular weight is 528 g/mol. The van der Waals surface area contributed by atoms with E-state index in [-0.39, 0.29) is 35.0 Å². The average Bonchev–Trinajstić information content (AvgIpc) is 3.60. The zero-order valence-electron chi connectivity index (χ0n) is 21.1. The normalized spacial score (nSPS) is 15.5. The highest BCUT2D eigenvalue weighted by Gasteiger charge is 2.31. The van der Waals surface area contributed by atoms with Crippen LogP contribution in [0.3, 0.4) is 0 Å². The molecule has 2 atom stereocenters. The molecule has 0 spiro atoms. The number of methoxy groups -OCH3 is 2. The van der Waals surface area contributed by atoms with Crippen LogP contribution in [0.4, 0.5) is 0 Å². The van der Waals surface area contributed by atoms with E-state index in [1.54, 1.807) is 36.4 Å². The highest BCUT2D eigenvalue weighted by Crippen LogP contribution is 2.47. The molecule has 0 bridgehead atoms. The SMILES string of the molecule is COc1c(C(=O)/C=C/c2ccccc2O)c(OC(C)C2CCCN2)c(OC)c2occc12.O=C(O)C(=O)O. The third-order valence-corrected chi connectivity index (χ3v) is 5.93. The van der Waals surface area contributed by atoms with Crippen LogP contribution < -0.4 is 19.5 Å². The van der Waals surface area contributed by atoms with Gasteiger partial charge in [0.15, 0.2) is 17.1 Å². The quantitative estimate of drug-likeness (QED) is 0.192. The van der Waals surface area contributed by atoms with Crippen LogP contribution in [0.1, 0.15) is 35.7 Å². The van der Waals surface area contributed by atoms with Gasteiger partial charge in [-0.1, -0.05) is 18.2 Å². The number of phenols is 1. The number of allylic oxidation sites excluding steroid dienone is 1. The molecule has 0 radical (unpaired) electrons. The van der Waals surface area contributed by atoms with E-state index >= 15 is 0 Å². The topological polar surface area (TPSA) is 165 Å². The fourth-order valence-corrected chi connectivity index (χ4v) is 4.11. The van der Waals surface area contributed by atoms with Crippen LogP contribution in [0.25, 0.3) is 17.0 Å². The van der Waals surface area contributed by atoms with Crippen molar-refractivity contribution in [2.24, 2.45) is 0 Å². The Labute approximate surface area is 218 Å². The van der Waals surface area contributed by atoms with Gasteiger partial charge in [-0.05, 0) is 50.6 Å². The lowest BCUT2D eigenvalue weighted by molar-refractivity contribution is -0.159. The molecule has 2 aromatic carbocycles. The summed E-state index contributed by atoms with van der Waals surface area (Å²) in [5.41, 5.74) is 1.23. The van der Waals surface area contributed by atoms with Crippen LogP contribution in [0, 0.1) is 0 Å². The first-order valence-corrected chi connectivity index (χ1v) is 11.7. The van der Waals surface area contributed by atoms with E-state index in [2.05, 4.69) is 5.32 Å². The van der Waals surface area contributed by atoms with Gasteiger partial charge in [0, 0.05) is 11.6 Å². The Morgan fingerprint density at radius 1 is 1.05 bits per heavy atom. The number of carbonyl (C=O) groups excluding carboxylic acids is 1. The number of rotatable bonds is 8. The van der Waals surface area contributed by atoms with Gasteiger partial charge in [0.05, 0.1) is 25.9 Å². The fourth-order valence-electron chi connectivity index (χ4n) is 4.11. The second-order valence-electron chi connectivity index (χ2n) is 8.33. The Balaban J connectivity index is 0.000000599. The van der Waals surface area contributed by atoms with E-state index in [1.807, 2.05) is 6.92 Å². The van der Waals surface area contributed by atoms with E-state index in [0.717, 1.165) is 19.4 Å². The maximum atomic E-state index is 13.4. The largest absolute Gasteiger partial charge is 0.507 e. The summed E-state index contributed by atoms with van der Waals surface area (Å²) in [4.78, 5) is 31.6. The number of carboxylic acids is 2. The van der Waals surface area contributed by atoms with E-state index in [4.69, 9.17) is 38.4 Å². The number of furan rings is 1.